The highest BCUT2D eigenvalue weighted by molar-refractivity contribution is 6.37. The molecule has 0 fully saturated rings. The molecule has 0 spiro atoms. The number of amides is 1. The van der Waals surface area contributed by atoms with E-state index in [9.17, 15) is 14.4 Å². The quantitative estimate of drug-likeness (QED) is 0.609. The van der Waals surface area contributed by atoms with Gasteiger partial charge in [-0.25, -0.2) is 10.2 Å². The predicted octanol–water partition coefficient (Wildman–Crippen LogP) is 1.81. The molecule has 9 heteroatoms. The molecule has 150 valence electrons. The van der Waals surface area contributed by atoms with Crippen LogP contribution in [0.25, 0.3) is 5.69 Å². The summed E-state index contributed by atoms with van der Waals surface area (Å²) < 4.78 is 17.8. The number of hydrogen-bond donors (Lipinski definition) is 1. The van der Waals surface area contributed by atoms with E-state index in [4.69, 9.17) is 14.2 Å². The molecule has 1 amide bonds. The summed E-state index contributed by atoms with van der Waals surface area (Å²) in [6, 6.07) is 7.32. The van der Waals surface area contributed by atoms with Crippen molar-refractivity contribution in [1.82, 2.24) is 9.99 Å². The van der Waals surface area contributed by atoms with Gasteiger partial charge in [0.05, 0.1) is 0 Å². The summed E-state index contributed by atoms with van der Waals surface area (Å²) >= 11 is 0. The maximum absolute atomic E-state index is 12.6. The standard InChI is InChI=1S/C20H19N3O6/c1-11-7-14(16(24)9-27-20(26)15-4-6-19(25)22-21-15)12(2)23(11)13-3-5-17-18(8-13)29-10-28-17/h3,5,7-8H,4,6,9-10H2,1-2H3,(H,22,25). The van der Waals surface area contributed by atoms with Gasteiger partial charge in [-0.3, -0.25) is 9.59 Å². The summed E-state index contributed by atoms with van der Waals surface area (Å²) in [4.78, 5) is 35.8. The first-order valence-corrected chi connectivity index (χ1v) is 9.08. The van der Waals surface area contributed by atoms with Crippen LogP contribution in [0.4, 0.5) is 0 Å². The molecule has 0 radical (unpaired) electrons. The average Bonchev–Trinajstić information content (AvgIpc) is 3.29. The fourth-order valence-electron chi connectivity index (χ4n) is 3.38. The lowest BCUT2D eigenvalue weighted by molar-refractivity contribution is -0.134. The van der Waals surface area contributed by atoms with Crippen molar-refractivity contribution in [2.45, 2.75) is 26.7 Å². The minimum absolute atomic E-state index is 0.100. The molecule has 0 bridgehead atoms. The fourth-order valence-corrected chi connectivity index (χ4v) is 3.38. The maximum atomic E-state index is 12.6. The number of hydrazone groups is 1. The van der Waals surface area contributed by atoms with Gasteiger partial charge in [0.2, 0.25) is 18.5 Å². The van der Waals surface area contributed by atoms with Crippen molar-refractivity contribution in [2.75, 3.05) is 13.4 Å². The zero-order valence-electron chi connectivity index (χ0n) is 16.0. The van der Waals surface area contributed by atoms with Crippen molar-refractivity contribution in [3.8, 4) is 17.2 Å². The second kappa shape index (κ2) is 7.42. The van der Waals surface area contributed by atoms with Crippen LogP contribution < -0.4 is 14.9 Å². The Morgan fingerprint density at radius 3 is 2.72 bits per heavy atom. The molecule has 9 nitrogen and oxygen atoms in total. The van der Waals surface area contributed by atoms with Crippen LogP contribution in [-0.2, 0) is 14.3 Å². The minimum Gasteiger partial charge on any atom is -0.454 e. The Hall–Kier alpha value is -3.62. The number of carbonyl (C=O) groups excluding carboxylic acids is 3. The van der Waals surface area contributed by atoms with Gasteiger partial charge in [0, 0.05) is 41.5 Å². The largest absolute Gasteiger partial charge is 0.454 e. The summed E-state index contributed by atoms with van der Waals surface area (Å²) in [6.45, 7) is 3.50. The lowest BCUT2D eigenvalue weighted by Gasteiger charge is -2.12. The van der Waals surface area contributed by atoms with Crippen molar-refractivity contribution in [3.63, 3.8) is 0 Å². The van der Waals surface area contributed by atoms with Crippen molar-refractivity contribution in [3.05, 3.63) is 41.2 Å². The molecule has 1 aromatic carbocycles. The number of aromatic nitrogens is 1. The maximum Gasteiger partial charge on any atom is 0.354 e. The SMILES string of the molecule is Cc1cc(C(=O)COC(=O)C2=NNC(=O)CC2)c(C)n1-c1ccc2c(c1)OCO2. The van der Waals surface area contributed by atoms with Crippen molar-refractivity contribution in [1.29, 1.82) is 0 Å². The molecule has 2 aliphatic heterocycles. The van der Waals surface area contributed by atoms with Crippen LogP contribution in [0.2, 0.25) is 0 Å². The van der Waals surface area contributed by atoms with Crippen molar-refractivity contribution < 1.29 is 28.6 Å². The smallest absolute Gasteiger partial charge is 0.354 e. The number of benzene rings is 1. The van der Waals surface area contributed by atoms with Crippen LogP contribution in [0.5, 0.6) is 11.5 Å². The Kier molecular flexibility index (Phi) is 4.79. The van der Waals surface area contributed by atoms with E-state index in [1.54, 1.807) is 6.07 Å². The van der Waals surface area contributed by atoms with Crippen LogP contribution in [-0.4, -0.2) is 41.3 Å². The van der Waals surface area contributed by atoms with E-state index >= 15 is 0 Å². The zero-order valence-corrected chi connectivity index (χ0v) is 16.0. The average molecular weight is 397 g/mol. The van der Waals surface area contributed by atoms with E-state index in [1.807, 2.05) is 36.6 Å². The monoisotopic (exact) mass is 397 g/mol. The van der Waals surface area contributed by atoms with Gasteiger partial charge in [-0.05, 0) is 32.0 Å². The molecule has 2 aliphatic rings. The van der Waals surface area contributed by atoms with Gasteiger partial charge in [-0.1, -0.05) is 0 Å². The van der Waals surface area contributed by atoms with Crippen LogP contribution in [0, 0.1) is 13.8 Å². The highest BCUT2D eigenvalue weighted by Gasteiger charge is 2.23. The molecule has 1 N–H and O–H groups in total. The Morgan fingerprint density at radius 1 is 1.17 bits per heavy atom. The number of hydrogen-bond acceptors (Lipinski definition) is 7. The molecule has 2 aromatic rings. The lowest BCUT2D eigenvalue weighted by atomic mass is 10.1. The predicted molar refractivity (Wildman–Crippen MR) is 101 cm³/mol. The summed E-state index contributed by atoms with van der Waals surface area (Å²) in [5.74, 6) is 0.0498. The van der Waals surface area contributed by atoms with Gasteiger partial charge in [-0.2, -0.15) is 5.10 Å². The van der Waals surface area contributed by atoms with Crippen LogP contribution in [0.15, 0.2) is 29.4 Å². The Bertz CT molecular complexity index is 1050. The first-order valence-electron chi connectivity index (χ1n) is 9.08. The second-order valence-electron chi connectivity index (χ2n) is 6.75. The Labute approximate surface area is 166 Å². The van der Waals surface area contributed by atoms with E-state index in [0.717, 1.165) is 17.1 Å². The number of ketones is 1. The number of ether oxygens (including phenoxy) is 3. The normalized spacial score (nSPS) is 15.0. The minimum atomic E-state index is -0.706. The first kappa shape index (κ1) is 18.7. The fraction of sp³-hybridized carbons (Fsp3) is 0.300. The third kappa shape index (κ3) is 3.58. The third-order valence-corrected chi connectivity index (χ3v) is 4.82. The van der Waals surface area contributed by atoms with Crippen molar-refractivity contribution >= 4 is 23.4 Å². The molecular weight excluding hydrogens is 378 g/mol. The van der Waals surface area contributed by atoms with E-state index in [2.05, 4.69) is 10.5 Å². The second-order valence-corrected chi connectivity index (χ2v) is 6.75. The van der Waals surface area contributed by atoms with Gasteiger partial charge < -0.3 is 18.8 Å². The molecular formula is C20H19N3O6. The molecule has 0 atom stereocenters. The third-order valence-electron chi connectivity index (χ3n) is 4.82. The molecule has 1 aromatic heterocycles. The first-order chi connectivity index (χ1) is 13.9. The number of fused-ring (bicyclic) bond motifs is 1. The molecule has 0 unspecified atom stereocenters. The topological polar surface area (TPSA) is 108 Å². The molecule has 0 saturated heterocycles. The number of aryl methyl sites for hydroxylation is 1. The Morgan fingerprint density at radius 2 is 1.97 bits per heavy atom. The van der Waals surface area contributed by atoms with E-state index in [1.165, 1.54) is 0 Å². The van der Waals surface area contributed by atoms with Gasteiger partial charge in [0.25, 0.3) is 0 Å². The molecule has 0 saturated carbocycles. The number of carbonyl (C=O) groups is 3. The van der Waals surface area contributed by atoms with E-state index in [0.29, 0.717) is 17.1 Å². The number of nitrogens with one attached hydrogen (secondary N) is 1. The lowest BCUT2D eigenvalue weighted by Crippen LogP contribution is -2.31. The summed E-state index contributed by atoms with van der Waals surface area (Å²) in [5, 5.41) is 3.67. The van der Waals surface area contributed by atoms with Crippen LogP contribution in [0.3, 0.4) is 0 Å². The highest BCUT2D eigenvalue weighted by Crippen LogP contribution is 2.34. The molecule has 4 rings (SSSR count). The van der Waals surface area contributed by atoms with E-state index < -0.39 is 12.6 Å². The van der Waals surface area contributed by atoms with Gasteiger partial charge in [0.1, 0.15) is 5.71 Å². The van der Waals surface area contributed by atoms with Gasteiger partial charge in [-0.15, -0.1) is 0 Å². The van der Waals surface area contributed by atoms with Gasteiger partial charge in [0.15, 0.2) is 18.1 Å². The summed E-state index contributed by atoms with van der Waals surface area (Å²) in [5.41, 5.74) is 5.22. The van der Waals surface area contributed by atoms with Gasteiger partial charge >= 0.3 is 5.97 Å². The van der Waals surface area contributed by atoms with Crippen LogP contribution >= 0.6 is 0 Å². The molecule has 3 heterocycles. The number of Topliss-reactive ketones (excluding diaryl/α,β-unsaturated/α-hetero) is 1. The number of esters is 1. The number of nitrogens with zero attached hydrogens (tertiary/aromatic N) is 2. The zero-order chi connectivity index (χ0) is 20.5. The van der Waals surface area contributed by atoms with Crippen LogP contribution in [0.1, 0.15) is 34.6 Å². The summed E-state index contributed by atoms with van der Waals surface area (Å²) in [7, 11) is 0. The molecule has 29 heavy (non-hydrogen) atoms. The Balaban J connectivity index is 1.49. The highest BCUT2D eigenvalue weighted by atomic mass is 16.7. The molecule has 0 aliphatic carbocycles. The van der Waals surface area contributed by atoms with E-state index in [-0.39, 0.29) is 37.0 Å². The number of rotatable bonds is 5. The van der Waals surface area contributed by atoms with Crippen molar-refractivity contribution in [2.24, 2.45) is 5.10 Å². The summed E-state index contributed by atoms with van der Waals surface area (Å²) in [6.07, 6.45) is 0.357.